The van der Waals surface area contributed by atoms with Crippen LogP contribution < -0.4 is 5.32 Å². The zero-order chi connectivity index (χ0) is 9.26. The molecule has 0 radical (unpaired) electrons. The van der Waals surface area contributed by atoms with Crippen molar-refractivity contribution < 1.29 is 0 Å². The molecule has 1 saturated carbocycles. The van der Waals surface area contributed by atoms with Crippen LogP contribution >= 0.6 is 0 Å². The van der Waals surface area contributed by atoms with Gasteiger partial charge in [0.25, 0.3) is 0 Å². The molecule has 1 aliphatic heterocycles. The zero-order valence-corrected chi connectivity index (χ0v) is 9.05. The molecule has 1 N–H and O–H groups in total. The van der Waals surface area contributed by atoms with Gasteiger partial charge in [-0.1, -0.05) is 33.1 Å². The molecule has 0 bridgehead atoms. The molecule has 2 rings (SSSR count). The van der Waals surface area contributed by atoms with Crippen LogP contribution in [0.25, 0.3) is 0 Å². The van der Waals surface area contributed by atoms with E-state index in [1.165, 1.54) is 38.6 Å². The molecule has 13 heavy (non-hydrogen) atoms. The van der Waals surface area contributed by atoms with Crippen molar-refractivity contribution in [3.8, 4) is 0 Å². The number of nitrogens with one attached hydrogen (secondary N) is 1. The van der Waals surface area contributed by atoms with Gasteiger partial charge in [0, 0.05) is 6.04 Å². The topological polar surface area (TPSA) is 12.0 Å². The summed E-state index contributed by atoms with van der Waals surface area (Å²) in [6, 6.07) is 0.819. The molecule has 1 heterocycles. The second-order valence-corrected chi connectivity index (χ2v) is 5.22. The maximum Gasteiger partial charge on any atom is 0.0121 e. The summed E-state index contributed by atoms with van der Waals surface area (Å²) in [5.74, 6) is 2.88. The fourth-order valence-corrected chi connectivity index (χ4v) is 3.38. The predicted octanol–water partition coefficient (Wildman–Crippen LogP) is 2.81. The summed E-state index contributed by atoms with van der Waals surface area (Å²) in [5.41, 5.74) is 0. The van der Waals surface area contributed by atoms with Crippen LogP contribution in [-0.4, -0.2) is 12.6 Å². The predicted molar refractivity (Wildman–Crippen MR) is 56.7 cm³/mol. The summed E-state index contributed by atoms with van der Waals surface area (Å²) >= 11 is 0. The fourth-order valence-electron chi connectivity index (χ4n) is 3.38. The molecule has 2 aliphatic rings. The molecule has 0 aromatic carbocycles. The van der Waals surface area contributed by atoms with Crippen molar-refractivity contribution in [2.75, 3.05) is 6.54 Å². The van der Waals surface area contributed by atoms with Gasteiger partial charge in [-0.25, -0.2) is 0 Å². The van der Waals surface area contributed by atoms with Crippen molar-refractivity contribution in [3.63, 3.8) is 0 Å². The lowest BCUT2D eigenvalue weighted by Crippen LogP contribution is -2.49. The van der Waals surface area contributed by atoms with Crippen LogP contribution in [0.1, 0.15) is 46.0 Å². The molecule has 2 fully saturated rings. The number of piperidine rings is 1. The van der Waals surface area contributed by atoms with Crippen molar-refractivity contribution in [2.45, 2.75) is 52.0 Å². The Hall–Kier alpha value is -0.0400. The van der Waals surface area contributed by atoms with Crippen LogP contribution in [0, 0.1) is 17.8 Å². The van der Waals surface area contributed by atoms with Gasteiger partial charge in [-0.05, 0) is 37.1 Å². The number of hydrogen-bond acceptors (Lipinski definition) is 1. The molecule has 0 aromatic heterocycles. The normalized spacial score (nSPS) is 40.4. The molecule has 76 valence electrons. The molecule has 0 aromatic rings. The van der Waals surface area contributed by atoms with E-state index in [4.69, 9.17) is 0 Å². The van der Waals surface area contributed by atoms with Gasteiger partial charge in [0.15, 0.2) is 0 Å². The summed E-state index contributed by atoms with van der Waals surface area (Å²) in [5, 5.41) is 3.72. The first-order valence-corrected chi connectivity index (χ1v) is 6.02. The Morgan fingerprint density at radius 1 is 1.08 bits per heavy atom. The van der Waals surface area contributed by atoms with Crippen LogP contribution in [0.3, 0.4) is 0 Å². The first kappa shape index (κ1) is 9.51. The number of hydrogen-bond donors (Lipinski definition) is 1. The van der Waals surface area contributed by atoms with Crippen LogP contribution in [0.15, 0.2) is 0 Å². The molecule has 0 amide bonds. The van der Waals surface area contributed by atoms with Crippen LogP contribution in [0.4, 0.5) is 0 Å². The van der Waals surface area contributed by atoms with E-state index in [0.717, 1.165) is 23.8 Å². The van der Waals surface area contributed by atoms with Gasteiger partial charge in [0.2, 0.25) is 0 Å². The molecule has 1 saturated heterocycles. The Bertz CT molecular complexity index is 163. The van der Waals surface area contributed by atoms with E-state index in [1.807, 2.05) is 0 Å². The SMILES string of the molecule is CC(C)C1NCCC2CCCCC21. The quantitative estimate of drug-likeness (QED) is 0.656. The van der Waals surface area contributed by atoms with Gasteiger partial charge in [-0.3, -0.25) is 0 Å². The van der Waals surface area contributed by atoms with Crippen molar-refractivity contribution in [2.24, 2.45) is 17.8 Å². The lowest BCUT2D eigenvalue weighted by molar-refractivity contribution is 0.109. The minimum Gasteiger partial charge on any atom is -0.313 e. The Balaban J connectivity index is 2.02. The minimum atomic E-state index is 0.819. The van der Waals surface area contributed by atoms with E-state index in [-0.39, 0.29) is 0 Å². The Morgan fingerprint density at radius 2 is 1.85 bits per heavy atom. The van der Waals surface area contributed by atoms with Gasteiger partial charge in [0.05, 0.1) is 0 Å². The smallest absolute Gasteiger partial charge is 0.0121 e. The highest BCUT2D eigenvalue weighted by Gasteiger charge is 2.35. The van der Waals surface area contributed by atoms with Crippen LogP contribution in [0.5, 0.6) is 0 Å². The molecular weight excluding hydrogens is 158 g/mol. The monoisotopic (exact) mass is 181 g/mol. The van der Waals surface area contributed by atoms with Gasteiger partial charge in [0.1, 0.15) is 0 Å². The summed E-state index contributed by atoms with van der Waals surface area (Å²) in [6.45, 7) is 6.01. The van der Waals surface area contributed by atoms with E-state index in [9.17, 15) is 0 Å². The van der Waals surface area contributed by atoms with Crippen LogP contribution in [-0.2, 0) is 0 Å². The third-order valence-corrected chi connectivity index (χ3v) is 4.04. The molecular formula is C12H23N. The summed E-state index contributed by atoms with van der Waals surface area (Å²) in [7, 11) is 0. The Kier molecular flexibility index (Phi) is 2.92. The Morgan fingerprint density at radius 3 is 2.62 bits per heavy atom. The van der Waals surface area contributed by atoms with Crippen molar-refractivity contribution in [3.05, 3.63) is 0 Å². The van der Waals surface area contributed by atoms with E-state index in [0.29, 0.717) is 0 Å². The fraction of sp³-hybridized carbons (Fsp3) is 1.00. The van der Waals surface area contributed by atoms with Gasteiger partial charge < -0.3 is 5.32 Å². The molecule has 1 aliphatic carbocycles. The van der Waals surface area contributed by atoms with Gasteiger partial charge in [-0.15, -0.1) is 0 Å². The number of rotatable bonds is 1. The standard InChI is InChI=1S/C12H23N/c1-9(2)12-11-6-4-3-5-10(11)7-8-13-12/h9-13H,3-8H2,1-2H3. The largest absolute Gasteiger partial charge is 0.313 e. The highest BCUT2D eigenvalue weighted by Crippen LogP contribution is 2.38. The van der Waals surface area contributed by atoms with E-state index < -0.39 is 0 Å². The first-order valence-electron chi connectivity index (χ1n) is 6.02. The minimum absolute atomic E-state index is 0.819. The molecule has 3 atom stereocenters. The van der Waals surface area contributed by atoms with Gasteiger partial charge in [-0.2, -0.15) is 0 Å². The zero-order valence-electron chi connectivity index (χ0n) is 9.05. The summed E-state index contributed by atoms with van der Waals surface area (Å²) < 4.78 is 0. The second kappa shape index (κ2) is 4.00. The number of fused-ring (bicyclic) bond motifs is 1. The first-order chi connectivity index (χ1) is 6.29. The average molecular weight is 181 g/mol. The maximum absolute atomic E-state index is 3.72. The van der Waals surface area contributed by atoms with E-state index >= 15 is 0 Å². The second-order valence-electron chi connectivity index (χ2n) is 5.22. The third kappa shape index (κ3) is 1.90. The molecule has 1 heteroatoms. The van der Waals surface area contributed by atoms with E-state index in [1.54, 1.807) is 0 Å². The van der Waals surface area contributed by atoms with E-state index in [2.05, 4.69) is 19.2 Å². The van der Waals surface area contributed by atoms with Crippen molar-refractivity contribution in [1.29, 1.82) is 0 Å². The van der Waals surface area contributed by atoms with Crippen LogP contribution in [0.2, 0.25) is 0 Å². The Labute approximate surface area is 82.3 Å². The lowest BCUT2D eigenvalue weighted by Gasteiger charge is -2.43. The third-order valence-electron chi connectivity index (χ3n) is 4.04. The maximum atomic E-state index is 3.72. The average Bonchev–Trinajstić information content (AvgIpc) is 2.17. The van der Waals surface area contributed by atoms with Crippen molar-refractivity contribution in [1.82, 2.24) is 5.32 Å². The molecule has 0 spiro atoms. The van der Waals surface area contributed by atoms with Gasteiger partial charge >= 0.3 is 0 Å². The molecule has 3 unspecified atom stereocenters. The highest BCUT2D eigenvalue weighted by molar-refractivity contribution is 4.90. The highest BCUT2D eigenvalue weighted by atomic mass is 14.9. The van der Waals surface area contributed by atoms with Crippen molar-refractivity contribution >= 4 is 0 Å². The summed E-state index contributed by atoms with van der Waals surface area (Å²) in [4.78, 5) is 0. The lowest BCUT2D eigenvalue weighted by atomic mass is 9.69. The molecule has 1 nitrogen and oxygen atoms in total. The summed E-state index contributed by atoms with van der Waals surface area (Å²) in [6.07, 6.45) is 7.40.